The van der Waals surface area contributed by atoms with Gasteiger partial charge in [0.05, 0.1) is 6.07 Å². The molecule has 92 valence electrons. The number of benzene rings is 2. The van der Waals surface area contributed by atoms with Crippen LogP contribution in [0, 0.1) is 11.3 Å². The van der Waals surface area contributed by atoms with Gasteiger partial charge in [0.15, 0.2) is 6.04 Å². The van der Waals surface area contributed by atoms with Gasteiger partial charge in [0, 0.05) is 6.42 Å². The van der Waals surface area contributed by atoms with Crippen molar-refractivity contribution in [3.8, 4) is 6.07 Å². The van der Waals surface area contributed by atoms with Crippen molar-refractivity contribution in [2.45, 2.75) is 18.0 Å². The summed E-state index contributed by atoms with van der Waals surface area (Å²) < 4.78 is 0. The lowest BCUT2D eigenvalue weighted by atomic mass is 9.80. The molecular weight excluding hydrogens is 234 g/mol. The summed E-state index contributed by atoms with van der Waals surface area (Å²) >= 11 is 0. The van der Waals surface area contributed by atoms with Crippen LogP contribution in [0.5, 0.6) is 0 Å². The normalized spacial score (nSPS) is 20.1. The van der Waals surface area contributed by atoms with Crippen molar-refractivity contribution in [1.29, 1.82) is 5.26 Å². The summed E-state index contributed by atoms with van der Waals surface area (Å²) in [6, 6.07) is 22.0. The lowest BCUT2D eigenvalue weighted by Crippen LogP contribution is -2.24. The lowest BCUT2D eigenvalue weighted by Gasteiger charge is -2.25. The zero-order valence-electron chi connectivity index (χ0n) is 10.4. The third-order valence-electron chi connectivity index (χ3n) is 3.51. The predicted molar refractivity (Wildman–Crippen MR) is 72.5 cm³/mol. The summed E-state index contributed by atoms with van der Waals surface area (Å²) in [7, 11) is 0. The molecule has 0 N–H and O–H groups in total. The Balaban J connectivity index is 2.14. The third kappa shape index (κ3) is 1.92. The summed E-state index contributed by atoms with van der Waals surface area (Å²) in [5.74, 6) is 0. The molecule has 0 fully saturated rings. The fraction of sp³-hybridized carbons (Fsp3) is 0.188. The molecular formula is C16H13N3. The van der Waals surface area contributed by atoms with Crippen molar-refractivity contribution in [3.63, 3.8) is 0 Å². The van der Waals surface area contributed by atoms with Crippen molar-refractivity contribution < 1.29 is 0 Å². The minimum Gasteiger partial charge on any atom is -0.196 e. The predicted octanol–water partition coefficient (Wildman–Crippen LogP) is 3.68. The van der Waals surface area contributed by atoms with Crippen LogP contribution >= 0.6 is 0 Å². The van der Waals surface area contributed by atoms with Gasteiger partial charge in [-0.1, -0.05) is 60.7 Å². The Hall–Kier alpha value is -2.47. The molecule has 19 heavy (non-hydrogen) atoms. The second-order valence-electron chi connectivity index (χ2n) is 4.66. The van der Waals surface area contributed by atoms with Crippen LogP contribution in [0.3, 0.4) is 0 Å². The molecule has 1 unspecified atom stereocenters. The van der Waals surface area contributed by atoms with Crippen LogP contribution < -0.4 is 0 Å². The van der Waals surface area contributed by atoms with E-state index in [1.165, 1.54) is 0 Å². The Morgan fingerprint density at radius 3 is 1.89 bits per heavy atom. The molecule has 1 heterocycles. The van der Waals surface area contributed by atoms with Crippen molar-refractivity contribution >= 4 is 0 Å². The van der Waals surface area contributed by atoms with Crippen LogP contribution in [0.15, 0.2) is 70.9 Å². The van der Waals surface area contributed by atoms with Gasteiger partial charge in [-0.2, -0.15) is 15.5 Å². The Morgan fingerprint density at radius 1 is 0.947 bits per heavy atom. The highest BCUT2D eigenvalue weighted by molar-refractivity contribution is 5.40. The van der Waals surface area contributed by atoms with E-state index in [2.05, 4.69) is 16.3 Å². The average Bonchev–Trinajstić information content (AvgIpc) is 2.95. The Labute approximate surface area is 112 Å². The Morgan fingerprint density at radius 2 is 1.47 bits per heavy atom. The number of azo groups is 1. The molecule has 0 aliphatic carbocycles. The molecule has 1 atom stereocenters. The van der Waals surface area contributed by atoms with Gasteiger partial charge in [-0.25, -0.2) is 0 Å². The molecule has 3 heteroatoms. The van der Waals surface area contributed by atoms with E-state index in [0.717, 1.165) is 11.1 Å². The molecule has 2 aromatic rings. The second kappa shape index (κ2) is 4.66. The van der Waals surface area contributed by atoms with Crippen molar-refractivity contribution in [2.24, 2.45) is 10.2 Å². The molecule has 3 rings (SSSR count). The molecule has 0 aromatic heterocycles. The molecule has 0 radical (unpaired) electrons. The van der Waals surface area contributed by atoms with E-state index in [9.17, 15) is 0 Å². The second-order valence-corrected chi connectivity index (χ2v) is 4.66. The van der Waals surface area contributed by atoms with Gasteiger partial charge in [0.25, 0.3) is 0 Å². The summed E-state index contributed by atoms with van der Waals surface area (Å²) in [4.78, 5) is 0. The maximum absolute atomic E-state index is 9.09. The van der Waals surface area contributed by atoms with Gasteiger partial charge in [-0.15, -0.1) is 0 Å². The molecule has 0 saturated heterocycles. The van der Waals surface area contributed by atoms with Gasteiger partial charge in [0.2, 0.25) is 0 Å². The smallest absolute Gasteiger partial charge is 0.160 e. The SMILES string of the molecule is N#CC1CC(c2ccccc2)(c2ccccc2)N=N1. The third-order valence-corrected chi connectivity index (χ3v) is 3.51. The first kappa shape index (κ1) is 11.6. The maximum atomic E-state index is 9.09. The largest absolute Gasteiger partial charge is 0.196 e. The van der Waals surface area contributed by atoms with Crippen LogP contribution in [0.25, 0.3) is 0 Å². The van der Waals surface area contributed by atoms with Crippen LogP contribution in [0.2, 0.25) is 0 Å². The first-order chi connectivity index (χ1) is 9.35. The summed E-state index contributed by atoms with van der Waals surface area (Å²) in [5.41, 5.74) is 1.66. The molecule has 1 aliphatic rings. The van der Waals surface area contributed by atoms with Gasteiger partial charge in [0.1, 0.15) is 5.54 Å². The fourth-order valence-corrected chi connectivity index (χ4v) is 2.55. The minimum atomic E-state index is -0.511. The van der Waals surface area contributed by atoms with E-state index >= 15 is 0 Å². The fourth-order valence-electron chi connectivity index (χ4n) is 2.55. The summed E-state index contributed by atoms with van der Waals surface area (Å²) in [6.45, 7) is 0. The molecule has 0 saturated carbocycles. The van der Waals surface area contributed by atoms with Crippen molar-refractivity contribution in [1.82, 2.24) is 0 Å². The molecule has 3 nitrogen and oxygen atoms in total. The van der Waals surface area contributed by atoms with Crippen molar-refractivity contribution in [3.05, 3.63) is 71.8 Å². The van der Waals surface area contributed by atoms with E-state index in [-0.39, 0.29) is 6.04 Å². The van der Waals surface area contributed by atoms with Crippen LogP contribution in [0.1, 0.15) is 17.5 Å². The number of nitrogens with zero attached hydrogens (tertiary/aromatic N) is 3. The molecule has 0 spiro atoms. The zero-order valence-corrected chi connectivity index (χ0v) is 10.4. The molecule has 2 aromatic carbocycles. The topological polar surface area (TPSA) is 48.5 Å². The van der Waals surface area contributed by atoms with Gasteiger partial charge in [-0.05, 0) is 11.1 Å². The standard InChI is InChI=1S/C16H13N3/c17-12-15-11-16(19-18-15,13-7-3-1-4-8-13)14-9-5-2-6-10-14/h1-10,15H,11H2. The number of hydrogen-bond donors (Lipinski definition) is 0. The van der Waals surface area contributed by atoms with Crippen molar-refractivity contribution in [2.75, 3.05) is 0 Å². The van der Waals surface area contributed by atoms with Gasteiger partial charge >= 0.3 is 0 Å². The van der Waals surface area contributed by atoms with E-state index < -0.39 is 5.54 Å². The highest BCUT2D eigenvalue weighted by Crippen LogP contribution is 2.42. The van der Waals surface area contributed by atoms with Gasteiger partial charge < -0.3 is 0 Å². The minimum absolute atomic E-state index is 0.361. The quantitative estimate of drug-likeness (QED) is 0.798. The highest BCUT2D eigenvalue weighted by Gasteiger charge is 2.41. The van der Waals surface area contributed by atoms with Crippen LogP contribution in [-0.4, -0.2) is 6.04 Å². The number of rotatable bonds is 2. The Kier molecular flexibility index (Phi) is 2.85. The summed E-state index contributed by atoms with van der Waals surface area (Å²) in [5, 5.41) is 17.7. The monoisotopic (exact) mass is 247 g/mol. The average molecular weight is 247 g/mol. The molecule has 0 bridgehead atoms. The number of nitriles is 1. The highest BCUT2D eigenvalue weighted by atomic mass is 15.2. The number of hydrogen-bond acceptors (Lipinski definition) is 3. The Bertz CT molecular complexity index is 587. The lowest BCUT2D eigenvalue weighted by molar-refractivity contribution is 0.535. The summed E-state index contributed by atoms with van der Waals surface area (Å²) in [6.07, 6.45) is 0.609. The van der Waals surface area contributed by atoms with E-state index in [1.807, 2.05) is 60.7 Å². The first-order valence-electron chi connectivity index (χ1n) is 6.28. The van der Waals surface area contributed by atoms with E-state index in [0.29, 0.717) is 6.42 Å². The molecule has 0 amide bonds. The van der Waals surface area contributed by atoms with Gasteiger partial charge in [-0.3, -0.25) is 0 Å². The van der Waals surface area contributed by atoms with Crippen LogP contribution in [-0.2, 0) is 5.54 Å². The first-order valence-corrected chi connectivity index (χ1v) is 6.28. The van der Waals surface area contributed by atoms with E-state index in [4.69, 9.17) is 5.26 Å². The zero-order chi connectivity index (χ0) is 13.1. The molecule has 1 aliphatic heterocycles. The van der Waals surface area contributed by atoms with Crippen LogP contribution in [0.4, 0.5) is 0 Å². The van der Waals surface area contributed by atoms with E-state index in [1.54, 1.807) is 0 Å². The maximum Gasteiger partial charge on any atom is 0.160 e.